The van der Waals surface area contributed by atoms with Gasteiger partial charge < -0.3 is 14.8 Å². The number of nitrogens with one attached hydrogen (secondary N) is 1. The summed E-state index contributed by atoms with van der Waals surface area (Å²) in [6, 6.07) is 13.1. The van der Waals surface area contributed by atoms with Gasteiger partial charge in [0.2, 0.25) is 0 Å². The summed E-state index contributed by atoms with van der Waals surface area (Å²) in [6.07, 6.45) is 0.0105. The molecule has 0 unspecified atom stereocenters. The Morgan fingerprint density at radius 2 is 1.77 bits per heavy atom. The summed E-state index contributed by atoms with van der Waals surface area (Å²) in [4.78, 5) is 12.5. The Morgan fingerprint density at radius 1 is 1.12 bits per heavy atom. The van der Waals surface area contributed by atoms with Crippen LogP contribution in [0.1, 0.15) is 31.4 Å². The Bertz CT molecular complexity index is 731. The fourth-order valence-electron chi connectivity index (χ4n) is 2.41. The van der Waals surface area contributed by atoms with Crippen molar-refractivity contribution in [3.8, 4) is 11.5 Å². The number of halogens is 1. The summed E-state index contributed by atoms with van der Waals surface area (Å²) in [5, 5.41) is 3.62. The summed E-state index contributed by atoms with van der Waals surface area (Å²) in [5.41, 5.74) is 2.10. The van der Waals surface area contributed by atoms with Gasteiger partial charge in [-0.15, -0.1) is 0 Å². The van der Waals surface area contributed by atoms with E-state index in [4.69, 9.17) is 21.1 Å². The van der Waals surface area contributed by atoms with Gasteiger partial charge in [-0.25, -0.2) is 0 Å². The topological polar surface area (TPSA) is 47.6 Å². The molecule has 5 heteroatoms. The van der Waals surface area contributed by atoms with Crippen molar-refractivity contribution in [1.29, 1.82) is 0 Å². The summed E-state index contributed by atoms with van der Waals surface area (Å²) < 4.78 is 11.5. The molecular formula is C21H26ClNO3. The summed E-state index contributed by atoms with van der Waals surface area (Å²) in [5.74, 6) is 1.27. The van der Waals surface area contributed by atoms with Crippen LogP contribution in [-0.4, -0.2) is 24.7 Å². The molecule has 1 N–H and O–H groups in total. The van der Waals surface area contributed by atoms with Crippen LogP contribution in [0.4, 0.5) is 0 Å². The third kappa shape index (κ3) is 5.95. The van der Waals surface area contributed by atoms with Crippen LogP contribution in [-0.2, 0) is 4.79 Å². The molecule has 0 bridgehead atoms. The Balaban J connectivity index is 1.86. The van der Waals surface area contributed by atoms with E-state index >= 15 is 0 Å². The van der Waals surface area contributed by atoms with E-state index in [-0.39, 0.29) is 11.9 Å². The number of amides is 1. The largest absolute Gasteiger partial charge is 0.491 e. The molecule has 4 nitrogen and oxygen atoms in total. The molecule has 0 aliphatic rings. The average Bonchev–Trinajstić information content (AvgIpc) is 2.62. The molecule has 2 atom stereocenters. The lowest BCUT2D eigenvalue weighted by Crippen LogP contribution is -2.44. The van der Waals surface area contributed by atoms with E-state index in [0.29, 0.717) is 23.8 Å². The number of hydrogen-bond acceptors (Lipinski definition) is 3. The van der Waals surface area contributed by atoms with Gasteiger partial charge in [0.1, 0.15) is 18.1 Å². The lowest BCUT2D eigenvalue weighted by molar-refractivity contribution is -0.128. The van der Waals surface area contributed by atoms with Crippen LogP contribution in [0, 0.1) is 13.8 Å². The Hall–Kier alpha value is -2.20. The molecule has 2 aromatic carbocycles. The molecule has 0 saturated heterocycles. The van der Waals surface area contributed by atoms with Crippen molar-refractivity contribution in [1.82, 2.24) is 5.32 Å². The summed E-state index contributed by atoms with van der Waals surface area (Å²) in [6.45, 7) is 8.15. The van der Waals surface area contributed by atoms with Crippen molar-refractivity contribution in [3.05, 3.63) is 58.6 Å². The molecule has 0 radical (unpaired) electrons. The summed E-state index contributed by atoms with van der Waals surface area (Å²) >= 11 is 6.03. The Morgan fingerprint density at radius 3 is 2.38 bits per heavy atom. The predicted octanol–water partition coefficient (Wildman–Crippen LogP) is 4.70. The number of hydrogen-bond donors (Lipinski definition) is 1. The van der Waals surface area contributed by atoms with Crippen molar-refractivity contribution in [2.45, 2.75) is 46.3 Å². The number of benzene rings is 2. The molecular weight excluding hydrogens is 350 g/mol. The lowest BCUT2D eigenvalue weighted by Gasteiger charge is -2.21. The standard InChI is InChI=1S/C21H26ClNO3/c1-5-20(26-18-10-11-19(22)15(3)12-18)21(24)23-16(4)13-25-17-8-6-14(2)7-9-17/h6-12,16,20H,5,13H2,1-4H3,(H,23,24)/t16-,20-/m0/s1. The maximum absolute atomic E-state index is 12.5. The van der Waals surface area contributed by atoms with E-state index in [9.17, 15) is 4.79 Å². The molecule has 2 aromatic rings. The van der Waals surface area contributed by atoms with Gasteiger partial charge in [0, 0.05) is 5.02 Å². The van der Waals surface area contributed by atoms with Gasteiger partial charge in [0.25, 0.3) is 5.91 Å². The SMILES string of the molecule is CC[C@H](Oc1ccc(Cl)c(C)c1)C(=O)N[C@@H](C)COc1ccc(C)cc1. The van der Waals surface area contributed by atoms with Crippen LogP contribution in [0.3, 0.4) is 0 Å². The number of aryl methyl sites for hydroxylation is 2. The highest BCUT2D eigenvalue weighted by Gasteiger charge is 2.20. The zero-order valence-corrected chi connectivity index (χ0v) is 16.5. The minimum absolute atomic E-state index is 0.131. The van der Waals surface area contributed by atoms with Crippen molar-refractivity contribution in [2.75, 3.05) is 6.61 Å². The van der Waals surface area contributed by atoms with Crippen LogP contribution >= 0.6 is 11.6 Å². The van der Waals surface area contributed by atoms with Gasteiger partial charge >= 0.3 is 0 Å². The maximum Gasteiger partial charge on any atom is 0.261 e. The van der Waals surface area contributed by atoms with Crippen LogP contribution in [0.25, 0.3) is 0 Å². The minimum Gasteiger partial charge on any atom is -0.491 e. The van der Waals surface area contributed by atoms with Crippen molar-refractivity contribution < 1.29 is 14.3 Å². The zero-order valence-electron chi connectivity index (χ0n) is 15.7. The van der Waals surface area contributed by atoms with Gasteiger partial charge in [-0.2, -0.15) is 0 Å². The van der Waals surface area contributed by atoms with E-state index < -0.39 is 6.10 Å². The van der Waals surface area contributed by atoms with Gasteiger partial charge in [-0.3, -0.25) is 4.79 Å². The van der Waals surface area contributed by atoms with Gasteiger partial charge in [0.05, 0.1) is 6.04 Å². The first-order valence-electron chi connectivity index (χ1n) is 8.81. The third-order valence-electron chi connectivity index (χ3n) is 3.98. The first-order chi connectivity index (χ1) is 12.4. The second kappa shape index (κ2) is 9.48. The minimum atomic E-state index is -0.558. The third-order valence-corrected chi connectivity index (χ3v) is 4.40. The van der Waals surface area contributed by atoms with E-state index in [2.05, 4.69) is 5.32 Å². The van der Waals surface area contributed by atoms with Gasteiger partial charge in [-0.1, -0.05) is 36.2 Å². The molecule has 0 spiro atoms. The number of carbonyl (C=O) groups excluding carboxylic acids is 1. The van der Waals surface area contributed by atoms with E-state index in [1.165, 1.54) is 5.56 Å². The molecule has 0 fully saturated rings. The molecule has 0 aliphatic heterocycles. The van der Waals surface area contributed by atoms with Crippen molar-refractivity contribution >= 4 is 17.5 Å². The van der Waals surface area contributed by atoms with E-state index in [0.717, 1.165) is 11.3 Å². The van der Waals surface area contributed by atoms with Crippen molar-refractivity contribution in [2.24, 2.45) is 0 Å². The molecule has 0 aromatic heterocycles. The van der Waals surface area contributed by atoms with E-state index in [1.807, 2.05) is 58.0 Å². The molecule has 2 rings (SSSR count). The molecule has 140 valence electrons. The zero-order chi connectivity index (χ0) is 19.1. The molecule has 0 aliphatic carbocycles. The molecule has 0 saturated carbocycles. The number of carbonyl (C=O) groups is 1. The Labute approximate surface area is 160 Å². The quantitative estimate of drug-likeness (QED) is 0.727. The highest BCUT2D eigenvalue weighted by Crippen LogP contribution is 2.22. The monoisotopic (exact) mass is 375 g/mol. The van der Waals surface area contributed by atoms with Crippen LogP contribution in [0.15, 0.2) is 42.5 Å². The van der Waals surface area contributed by atoms with Crippen molar-refractivity contribution in [3.63, 3.8) is 0 Å². The normalized spacial score (nSPS) is 13.0. The molecule has 1 amide bonds. The molecule has 0 heterocycles. The van der Waals surface area contributed by atoms with Crippen LogP contribution in [0.2, 0.25) is 5.02 Å². The highest BCUT2D eigenvalue weighted by molar-refractivity contribution is 6.31. The average molecular weight is 376 g/mol. The first kappa shape index (κ1) is 20.1. The fourth-order valence-corrected chi connectivity index (χ4v) is 2.53. The lowest BCUT2D eigenvalue weighted by atomic mass is 10.2. The highest BCUT2D eigenvalue weighted by atomic mass is 35.5. The second-order valence-corrected chi connectivity index (χ2v) is 6.87. The molecule has 26 heavy (non-hydrogen) atoms. The Kier molecular flexibility index (Phi) is 7.34. The van der Waals surface area contributed by atoms with Crippen LogP contribution < -0.4 is 14.8 Å². The van der Waals surface area contributed by atoms with E-state index in [1.54, 1.807) is 12.1 Å². The first-order valence-corrected chi connectivity index (χ1v) is 9.19. The number of ether oxygens (including phenoxy) is 2. The smallest absolute Gasteiger partial charge is 0.261 e. The predicted molar refractivity (Wildman–Crippen MR) is 105 cm³/mol. The van der Waals surface area contributed by atoms with Gasteiger partial charge in [0.15, 0.2) is 6.10 Å². The summed E-state index contributed by atoms with van der Waals surface area (Å²) in [7, 11) is 0. The second-order valence-electron chi connectivity index (χ2n) is 6.46. The fraction of sp³-hybridized carbons (Fsp3) is 0.381. The number of rotatable bonds is 8. The maximum atomic E-state index is 12.5. The van der Waals surface area contributed by atoms with Gasteiger partial charge in [-0.05, 0) is 63.1 Å². The van der Waals surface area contributed by atoms with Crippen LogP contribution in [0.5, 0.6) is 11.5 Å².